The van der Waals surface area contributed by atoms with Gasteiger partial charge in [0.05, 0.1) is 41.5 Å². The van der Waals surface area contributed by atoms with Crippen molar-refractivity contribution in [1.29, 1.82) is 0 Å². The van der Waals surface area contributed by atoms with Crippen molar-refractivity contribution in [2.24, 2.45) is 17.8 Å². The van der Waals surface area contributed by atoms with Crippen molar-refractivity contribution >= 4 is 29.8 Å². The normalized spacial score (nSPS) is 41.5. The molecule has 0 radical (unpaired) electrons. The van der Waals surface area contributed by atoms with Crippen LogP contribution >= 0.6 is 12.2 Å². The van der Waals surface area contributed by atoms with Crippen LogP contribution in [-0.4, -0.2) is 196 Å². The van der Waals surface area contributed by atoms with Crippen LogP contribution in [-0.2, 0) is 38.0 Å². The number of ether oxygens (including phenoxy) is 6. The number of carbonyl (C=O) groups is 2. The molecular formula is C46H88N4O14S. The summed E-state index contributed by atoms with van der Waals surface area (Å²) < 4.78 is 38.0. The number of unbranched alkanes of at least 4 members (excludes halogenated alkanes) is 1. The molecule has 18 nitrogen and oxygen atoms in total. The minimum absolute atomic E-state index is 0.119. The molecule has 3 saturated heterocycles. The summed E-state index contributed by atoms with van der Waals surface area (Å²) in [5, 5.41) is 73.6. The first-order chi connectivity index (χ1) is 30.3. The Balaban J connectivity index is 0.00000470. The number of aliphatic hydroxyl groups is 5. The number of esters is 1. The maximum atomic E-state index is 14.5. The van der Waals surface area contributed by atoms with E-state index >= 15 is 0 Å². The first-order valence-corrected chi connectivity index (χ1v) is 24.0. The Hall–Kier alpha value is -1.85. The van der Waals surface area contributed by atoms with Crippen molar-refractivity contribution in [2.75, 3.05) is 47.4 Å². The minimum Gasteiger partial charge on any atom is -0.483 e. The number of nitrogens with one attached hydrogen (secondary N) is 2. The molecule has 19 heteroatoms. The highest BCUT2D eigenvalue weighted by Crippen LogP contribution is 2.40. The zero-order valence-electron chi connectivity index (χ0n) is 41.8. The van der Waals surface area contributed by atoms with E-state index in [0.29, 0.717) is 37.6 Å². The maximum absolute atomic E-state index is 14.5. The predicted octanol–water partition coefficient (Wildman–Crippen LogP) is 2.63. The summed E-state index contributed by atoms with van der Waals surface area (Å²) >= 11 is 5.48. The Labute approximate surface area is 394 Å². The van der Waals surface area contributed by atoms with Gasteiger partial charge in [0.25, 0.3) is 6.47 Å². The summed E-state index contributed by atoms with van der Waals surface area (Å²) in [6, 6.07) is -0.895. The van der Waals surface area contributed by atoms with Crippen LogP contribution in [0.25, 0.3) is 0 Å². The van der Waals surface area contributed by atoms with Crippen LogP contribution in [0, 0.1) is 17.8 Å². The molecule has 382 valence electrons. The lowest BCUT2D eigenvalue weighted by Crippen LogP contribution is -2.60. The van der Waals surface area contributed by atoms with E-state index in [1.165, 1.54) is 14.0 Å². The van der Waals surface area contributed by atoms with Crippen molar-refractivity contribution in [3.05, 3.63) is 0 Å². The minimum atomic E-state index is -1.86. The van der Waals surface area contributed by atoms with Crippen molar-refractivity contribution in [1.82, 2.24) is 20.4 Å². The molecule has 0 bridgehead atoms. The molecule has 0 aromatic heterocycles. The number of rotatable bonds is 14. The fourth-order valence-corrected chi connectivity index (χ4v) is 10.0. The molecule has 8 N–H and O–H groups in total. The van der Waals surface area contributed by atoms with E-state index in [1.807, 2.05) is 46.7 Å². The van der Waals surface area contributed by atoms with Crippen molar-refractivity contribution in [3.8, 4) is 0 Å². The van der Waals surface area contributed by atoms with Crippen LogP contribution in [0.3, 0.4) is 0 Å². The third-order valence-electron chi connectivity index (χ3n) is 13.8. The SMILES string of the molecule is CCCCNC(=S)NCCCN1C[C@H](C)C[C@@](C)(O)[C@H](O[C@@H]2O[C@H](C)C[C@H](N(C)C)[C@H]2O)[C@@H](C)[C@H](O[C@H]2C[C@@](C)(OC)[C@@H](O)[C@H](C)O2)[C@@H](C)C(=O)O[C@H](CC)[C@@](C)(O)[C@H](O)[C@H]1C.O=CO. The van der Waals surface area contributed by atoms with Gasteiger partial charge in [-0.25, -0.2) is 0 Å². The molecule has 0 amide bonds. The van der Waals surface area contributed by atoms with Crippen LogP contribution < -0.4 is 10.6 Å². The number of aliphatic hydroxyl groups excluding tert-OH is 3. The topological polar surface area (TPSA) is 241 Å². The average molecular weight is 953 g/mol. The number of hydrogen-bond donors (Lipinski definition) is 8. The molecule has 0 spiro atoms. The molecule has 0 saturated carbocycles. The van der Waals surface area contributed by atoms with E-state index in [4.69, 9.17) is 50.5 Å². The maximum Gasteiger partial charge on any atom is 0.311 e. The zero-order valence-corrected chi connectivity index (χ0v) is 42.6. The smallest absolute Gasteiger partial charge is 0.311 e. The van der Waals surface area contributed by atoms with E-state index < -0.39 is 96.0 Å². The second kappa shape index (κ2) is 26.8. The summed E-state index contributed by atoms with van der Waals surface area (Å²) in [5.74, 6) is -2.72. The molecular weight excluding hydrogens is 865 g/mol. The summed E-state index contributed by atoms with van der Waals surface area (Å²) in [7, 11) is 5.29. The highest BCUT2D eigenvalue weighted by molar-refractivity contribution is 7.80. The highest BCUT2D eigenvalue weighted by atomic mass is 32.1. The standard InChI is InChI=1S/C45H86N4O12S.CH2O2/c1-15-17-19-46-42(62)47-20-18-21-49-25-26(3)23-43(9,54)39(61-41-35(50)32(48(12)13)22-27(4)57-41)28(5)36(60-34-24-44(10,56-14)38(52)31(8)58-34)29(6)40(53)59-33(16-2)45(11,55)37(51)30(49)7;2-1-3/h26-39,41,50-52,54-55H,15-25H2,1-14H3,(H2,46,47,62);1H,(H,2,3)/t26-,27-,28+,29-,30-,31+,32+,33-,34+,35-,36+,37-,38+,39-,41+,43-,44-,45-;/m1./s1. The first-order valence-electron chi connectivity index (χ1n) is 23.6. The molecule has 0 unspecified atom stereocenters. The molecule has 3 aliphatic rings. The lowest BCUT2D eigenvalue weighted by atomic mass is 9.77. The van der Waals surface area contributed by atoms with Crippen LogP contribution in [0.1, 0.15) is 121 Å². The van der Waals surface area contributed by atoms with Crippen molar-refractivity contribution < 1.29 is 68.6 Å². The zero-order chi connectivity index (χ0) is 49.6. The number of nitrogens with zero attached hydrogens (tertiary/aromatic N) is 2. The Morgan fingerprint density at radius 3 is 2.11 bits per heavy atom. The molecule has 3 aliphatic heterocycles. The van der Waals surface area contributed by atoms with Crippen molar-refractivity contribution in [3.63, 3.8) is 0 Å². The number of carbonyl (C=O) groups excluding carboxylic acids is 1. The molecule has 18 atom stereocenters. The van der Waals surface area contributed by atoms with E-state index in [1.54, 1.807) is 34.6 Å². The van der Waals surface area contributed by atoms with Gasteiger partial charge in [0, 0.05) is 57.7 Å². The lowest BCUT2D eigenvalue weighted by molar-refractivity contribution is -0.318. The van der Waals surface area contributed by atoms with Gasteiger partial charge in [-0.15, -0.1) is 0 Å². The summed E-state index contributed by atoms with van der Waals surface area (Å²) in [4.78, 5) is 26.9. The third-order valence-corrected chi connectivity index (χ3v) is 14.0. The fraction of sp³-hybridized carbons (Fsp3) is 0.935. The van der Waals surface area contributed by atoms with Gasteiger partial charge in [-0.2, -0.15) is 0 Å². The van der Waals surface area contributed by atoms with Crippen LogP contribution in [0.2, 0.25) is 0 Å². The molecule has 0 aromatic rings. The second-order valence-corrected chi connectivity index (χ2v) is 20.1. The quantitative estimate of drug-likeness (QED) is 0.0540. The summed E-state index contributed by atoms with van der Waals surface area (Å²) in [6.45, 7) is 21.9. The first kappa shape index (κ1) is 59.3. The number of thiocarbonyl (C=S) groups is 1. The fourth-order valence-electron chi connectivity index (χ4n) is 9.82. The van der Waals surface area contributed by atoms with Crippen LogP contribution in [0.5, 0.6) is 0 Å². The van der Waals surface area contributed by atoms with E-state index in [2.05, 4.69) is 22.5 Å². The number of likely N-dealkylation sites (N-methyl/N-ethyl adjacent to an activating group) is 1. The van der Waals surface area contributed by atoms with Crippen LogP contribution in [0.4, 0.5) is 0 Å². The molecule has 3 heterocycles. The molecule has 0 aromatic carbocycles. The van der Waals surface area contributed by atoms with E-state index in [0.717, 1.165) is 19.4 Å². The van der Waals surface area contributed by atoms with Gasteiger partial charge in [0.15, 0.2) is 17.7 Å². The summed E-state index contributed by atoms with van der Waals surface area (Å²) in [6.07, 6.45) is -5.86. The number of cyclic esters (lactones) is 1. The second-order valence-electron chi connectivity index (χ2n) is 19.7. The van der Waals surface area contributed by atoms with Gasteiger partial charge in [-0.1, -0.05) is 34.1 Å². The van der Waals surface area contributed by atoms with Gasteiger partial charge < -0.3 is 74.6 Å². The van der Waals surface area contributed by atoms with Gasteiger partial charge >= 0.3 is 5.97 Å². The Morgan fingerprint density at radius 1 is 0.954 bits per heavy atom. The average Bonchev–Trinajstić information content (AvgIpc) is 3.23. The van der Waals surface area contributed by atoms with Gasteiger partial charge in [0.2, 0.25) is 0 Å². The van der Waals surface area contributed by atoms with Crippen LogP contribution in [0.15, 0.2) is 0 Å². The number of methoxy groups -OCH3 is 1. The van der Waals surface area contributed by atoms with Gasteiger partial charge in [0.1, 0.15) is 30.0 Å². The molecule has 3 fully saturated rings. The largest absolute Gasteiger partial charge is 0.483 e. The highest BCUT2D eigenvalue weighted by Gasteiger charge is 2.53. The van der Waals surface area contributed by atoms with Gasteiger partial charge in [-0.3, -0.25) is 14.5 Å². The number of carboxylic acid groups (broad SMARTS) is 1. The Morgan fingerprint density at radius 2 is 1.55 bits per heavy atom. The Kier molecular flexibility index (Phi) is 24.4. The number of hydrogen-bond acceptors (Lipinski definition) is 16. The lowest BCUT2D eigenvalue weighted by Gasteiger charge is -2.48. The molecule has 65 heavy (non-hydrogen) atoms. The Bertz CT molecular complexity index is 1430. The van der Waals surface area contributed by atoms with E-state index in [-0.39, 0.29) is 43.8 Å². The van der Waals surface area contributed by atoms with E-state index in [9.17, 15) is 30.3 Å². The van der Waals surface area contributed by atoms with Gasteiger partial charge in [-0.05, 0) is 113 Å². The predicted molar refractivity (Wildman–Crippen MR) is 250 cm³/mol. The monoisotopic (exact) mass is 953 g/mol. The van der Waals surface area contributed by atoms with Crippen molar-refractivity contribution in [2.45, 2.75) is 211 Å². The molecule has 3 rings (SSSR count). The third kappa shape index (κ3) is 16.4. The summed E-state index contributed by atoms with van der Waals surface area (Å²) in [5.41, 5.74) is -4.51. The molecule has 0 aliphatic carbocycles.